The summed E-state index contributed by atoms with van der Waals surface area (Å²) >= 11 is 6.10. The van der Waals surface area contributed by atoms with Crippen LogP contribution in [0, 0.1) is 0 Å². The molecular weight excluding hydrogens is 324 g/mol. The number of aromatic nitrogens is 3. The zero-order valence-corrected chi connectivity index (χ0v) is 14.4. The average Bonchev–Trinajstić information content (AvgIpc) is 3.16. The van der Waals surface area contributed by atoms with E-state index in [1.165, 1.54) is 10.9 Å². The number of para-hydroxylation sites is 1. The van der Waals surface area contributed by atoms with E-state index in [4.69, 9.17) is 11.6 Å². The molecular formula is C18H21ClN4O. The number of aryl methyl sites for hydroxylation is 2. The molecule has 0 aliphatic rings. The molecule has 5 nitrogen and oxygen atoms in total. The Labute approximate surface area is 146 Å². The summed E-state index contributed by atoms with van der Waals surface area (Å²) in [6, 6.07) is 8.21. The molecule has 0 radical (unpaired) electrons. The quantitative estimate of drug-likeness (QED) is 0.686. The number of hydrogen-bond acceptors (Lipinski definition) is 2. The van der Waals surface area contributed by atoms with E-state index >= 15 is 0 Å². The number of carbonyl (C=O) groups excluding carboxylic acids is 1. The monoisotopic (exact) mass is 344 g/mol. The third-order valence-corrected chi connectivity index (χ3v) is 4.40. The number of H-pyrrole nitrogens is 1. The van der Waals surface area contributed by atoms with Crippen LogP contribution in [-0.4, -0.2) is 20.7 Å². The fourth-order valence-corrected chi connectivity index (χ4v) is 2.98. The first-order chi connectivity index (χ1) is 11.7. The van der Waals surface area contributed by atoms with Gasteiger partial charge in [0.25, 0.3) is 0 Å². The summed E-state index contributed by atoms with van der Waals surface area (Å²) < 4.78 is 1.76. The van der Waals surface area contributed by atoms with Crippen molar-refractivity contribution in [3.8, 4) is 0 Å². The fourth-order valence-electron chi connectivity index (χ4n) is 2.77. The predicted octanol–water partition coefficient (Wildman–Crippen LogP) is 3.68. The van der Waals surface area contributed by atoms with Gasteiger partial charge in [0.1, 0.15) is 5.69 Å². The maximum absolute atomic E-state index is 12.0. The molecule has 0 saturated heterocycles. The van der Waals surface area contributed by atoms with Crippen LogP contribution < -0.4 is 5.32 Å². The summed E-state index contributed by atoms with van der Waals surface area (Å²) in [6.45, 7) is 3.13. The third kappa shape index (κ3) is 3.79. The second-order valence-corrected chi connectivity index (χ2v) is 6.18. The molecule has 2 heterocycles. The van der Waals surface area contributed by atoms with Gasteiger partial charge in [0.15, 0.2) is 0 Å². The van der Waals surface area contributed by atoms with Crippen molar-refractivity contribution in [1.82, 2.24) is 20.1 Å². The lowest BCUT2D eigenvalue weighted by Crippen LogP contribution is -2.23. The summed E-state index contributed by atoms with van der Waals surface area (Å²) in [5, 5.41) is 9.03. The van der Waals surface area contributed by atoms with Crippen LogP contribution in [0.2, 0.25) is 5.02 Å². The second kappa shape index (κ2) is 7.53. The van der Waals surface area contributed by atoms with E-state index in [0.29, 0.717) is 23.7 Å². The van der Waals surface area contributed by atoms with Crippen molar-refractivity contribution in [1.29, 1.82) is 0 Å². The number of rotatable bonds is 7. The highest BCUT2D eigenvalue weighted by Gasteiger charge is 2.09. The van der Waals surface area contributed by atoms with Crippen LogP contribution in [0.3, 0.4) is 0 Å². The highest BCUT2D eigenvalue weighted by atomic mass is 35.5. The van der Waals surface area contributed by atoms with E-state index < -0.39 is 0 Å². The first-order valence-electron chi connectivity index (χ1n) is 8.21. The Morgan fingerprint density at radius 1 is 1.38 bits per heavy atom. The third-order valence-electron chi connectivity index (χ3n) is 4.09. The van der Waals surface area contributed by atoms with E-state index in [9.17, 15) is 4.79 Å². The van der Waals surface area contributed by atoms with E-state index in [2.05, 4.69) is 27.5 Å². The molecule has 2 N–H and O–H groups in total. The minimum atomic E-state index is 0.0250. The van der Waals surface area contributed by atoms with Crippen molar-refractivity contribution in [2.75, 3.05) is 0 Å². The maximum Gasteiger partial charge on any atom is 0.220 e. The van der Waals surface area contributed by atoms with Crippen molar-refractivity contribution in [2.45, 2.75) is 39.3 Å². The number of aromatic amines is 1. The minimum absolute atomic E-state index is 0.0250. The van der Waals surface area contributed by atoms with E-state index in [1.807, 2.05) is 25.3 Å². The molecule has 3 aromatic rings. The van der Waals surface area contributed by atoms with Gasteiger partial charge in [-0.25, -0.2) is 0 Å². The van der Waals surface area contributed by atoms with Gasteiger partial charge in [0.05, 0.1) is 11.6 Å². The zero-order chi connectivity index (χ0) is 16.9. The largest absolute Gasteiger partial charge is 0.361 e. The molecule has 126 valence electrons. The van der Waals surface area contributed by atoms with Crippen molar-refractivity contribution in [3.05, 3.63) is 52.9 Å². The van der Waals surface area contributed by atoms with Crippen LogP contribution in [0.1, 0.15) is 31.0 Å². The van der Waals surface area contributed by atoms with Crippen LogP contribution in [0.4, 0.5) is 0 Å². The molecule has 0 spiro atoms. The SMILES string of the molecule is CCn1cc(Cl)c(CNC(=O)CCCc2c[nH]c3ccccc23)n1. The standard InChI is InChI=1S/C18H21ClN4O/c1-2-23-12-15(19)17(22-23)11-21-18(24)9-5-6-13-10-20-16-8-4-3-7-14(13)16/h3-4,7-8,10,12,20H,2,5-6,9,11H2,1H3,(H,21,24). The molecule has 6 heteroatoms. The fraction of sp³-hybridized carbons (Fsp3) is 0.333. The Kier molecular flexibility index (Phi) is 5.20. The summed E-state index contributed by atoms with van der Waals surface area (Å²) in [5.41, 5.74) is 3.10. The van der Waals surface area contributed by atoms with Gasteiger partial charge in [-0.3, -0.25) is 9.48 Å². The second-order valence-electron chi connectivity index (χ2n) is 5.77. The van der Waals surface area contributed by atoms with Crippen LogP contribution in [0.15, 0.2) is 36.7 Å². The van der Waals surface area contributed by atoms with E-state index in [-0.39, 0.29) is 5.91 Å². The molecule has 1 amide bonds. The molecule has 3 rings (SSSR count). The molecule has 0 atom stereocenters. The van der Waals surface area contributed by atoms with Crippen molar-refractivity contribution >= 4 is 28.4 Å². The molecule has 0 aliphatic carbocycles. The number of halogens is 1. The maximum atomic E-state index is 12.0. The Bertz CT molecular complexity index is 837. The number of carbonyl (C=O) groups is 1. The number of hydrogen-bond donors (Lipinski definition) is 2. The van der Waals surface area contributed by atoms with Crippen LogP contribution >= 0.6 is 11.6 Å². The number of nitrogens with one attached hydrogen (secondary N) is 2. The van der Waals surface area contributed by atoms with Crippen LogP contribution in [0.25, 0.3) is 10.9 Å². The van der Waals surface area contributed by atoms with Gasteiger partial charge in [-0.15, -0.1) is 0 Å². The number of nitrogens with zero attached hydrogens (tertiary/aromatic N) is 2. The van der Waals surface area contributed by atoms with Crippen molar-refractivity contribution in [2.24, 2.45) is 0 Å². The highest BCUT2D eigenvalue weighted by Crippen LogP contribution is 2.19. The molecule has 0 aliphatic heterocycles. The van der Waals surface area contributed by atoms with Crippen molar-refractivity contribution < 1.29 is 4.79 Å². The molecule has 0 bridgehead atoms. The topological polar surface area (TPSA) is 62.7 Å². The lowest BCUT2D eigenvalue weighted by Gasteiger charge is -2.04. The molecule has 1 aromatic carbocycles. The molecule has 0 fully saturated rings. The predicted molar refractivity (Wildman–Crippen MR) is 96.0 cm³/mol. The summed E-state index contributed by atoms with van der Waals surface area (Å²) in [5.74, 6) is 0.0250. The summed E-state index contributed by atoms with van der Waals surface area (Å²) in [4.78, 5) is 15.3. The first-order valence-corrected chi connectivity index (χ1v) is 8.58. The van der Waals surface area contributed by atoms with Crippen LogP contribution in [-0.2, 0) is 24.3 Å². The Morgan fingerprint density at radius 3 is 3.00 bits per heavy atom. The lowest BCUT2D eigenvalue weighted by molar-refractivity contribution is -0.121. The molecule has 0 saturated carbocycles. The van der Waals surface area contributed by atoms with Gasteiger partial charge >= 0.3 is 0 Å². The van der Waals surface area contributed by atoms with Crippen molar-refractivity contribution in [3.63, 3.8) is 0 Å². The molecule has 24 heavy (non-hydrogen) atoms. The Balaban J connectivity index is 1.46. The van der Waals surface area contributed by atoms with E-state index in [1.54, 1.807) is 10.9 Å². The van der Waals surface area contributed by atoms with Gasteiger partial charge in [-0.1, -0.05) is 29.8 Å². The normalized spacial score (nSPS) is 11.1. The number of benzene rings is 1. The molecule has 0 unspecified atom stereocenters. The molecule has 2 aromatic heterocycles. The smallest absolute Gasteiger partial charge is 0.220 e. The van der Waals surface area contributed by atoms with Crippen LogP contribution in [0.5, 0.6) is 0 Å². The van der Waals surface area contributed by atoms with Gasteiger partial charge in [0.2, 0.25) is 5.91 Å². The minimum Gasteiger partial charge on any atom is -0.361 e. The zero-order valence-electron chi connectivity index (χ0n) is 13.7. The first kappa shape index (κ1) is 16.6. The Morgan fingerprint density at radius 2 is 2.21 bits per heavy atom. The van der Waals surface area contributed by atoms with Gasteiger partial charge in [-0.05, 0) is 31.4 Å². The van der Waals surface area contributed by atoms with Gasteiger partial charge < -0.3 is 10.3 Å². The average molecular weight is 345 g/mol. The number of fused-ring (bicyclic) bond motifs is 1. The lowest BCUT2D eigenvalue weighted by atomic mass is 10.1. The highest BCUT2D eigenvalue weighted by molar-refractivity contribution is 6.31. The Hall–Kier alpha value is -2.27. The summed E-state index contributed by atoms with van der Waals surface area (Å²) in [7, 11) is 0. The number of amides is 1. The van der Waals surface area contributed by atoms with E-state index in [0.717, 1.165) is 24.9 Å². The van der Waals surface area contributed by atoms with Gasteiger partial charge in [-0.2, -0.15) is 5.10 Å². The van der Waals surface area contributed by atoms with Gasteiger partial charge in [0, 0.05) is 36.3 Å². The summed E-state index contributed by atoms with van der Waals surface area (Å²) in [6.07, 6.45) is 5.98.